The van der Waals surface area contributed by atoms with Gasteiger partial charge in [0.15, 0.2) is 0 Å². The highest BCUT2D eigenvalue weighted by molar-refractivity contribution is 7.18. The summed E-state index contributed by atoms with van der Waals surface area (Å²) in [7, 11) is 0. The van der Waals surface area contributed by atoms with Crippen LogP contribution in [0.5, 0.6) is 0 Å². The number of para-hydroxylation sites is 1. The normalized spacial score (nSPS) is 19.7. The van der Waals surface area contributed by atoms with Crippen LogP contribution in [-0.2, 0) is 6.54 Å². The molecule has 0 unspecified atom stereocenters. The van der Waals surface area contributed by atoms with Crippen LogP contribution in [0.15, 0.2) is 24.3 Å². The first-order valence-electron chi connectivity index (χ1n) is 8.06. The van der Waals surface area contributed by atoms with Crippen molar-refractivity contribution in [2.24, 2.45) is 0 Å². The van der Waals surface area contributed by atoms with Crippen LogP contribution < -0.4 is 5.32 Å². The standard InChI is InChI=1S/C17H25N3S/c1-3-17(4-2)13-20(11-7-10-18-17)12-16-19-14-8-5-6-9-15(14)21-16/h5-6,8-9,18H,3-4,7,10-13H2,1-2H3. The zero-order valence-electron chi connectivity index (χ0n) is 13.1. The van der Waals surface area contributed by atoms with Crippen molar-refractivity contribution in [3.63, 3.8) is 0 Å². The summed E-state index contributed by atoms with van der Waals surface area (Å²) in [6.07, 6.45) is 3.62. The summed E-state index contributed by atoms with van der Waals surface area (Å²) in [5.41, 5.74) is 1.43. The van der Waals surface area contributed by atoms with Gasteiger partial charge in [-0.3, -0.25) is 4.90 Å². The van der Waals surface area contributed by atoms with Gasteiger partial charge < -0.3 is 5.32 Å². The highest BCUT2D eigenvalue weighted by Crippen LogP contribution is 2.25. The highest BCUT2D eigenvalue weighted by Gasteiger charge is 2.30. The molecule has 3 nitrogen and oxygen atoms in total. The molecule has 2 heterocycles. The Kier molecular flexibility index (Phi) is 4.57. The van der Waals surface area contributed by atoms with E-state index in [2.05, 4.69) is 48.3 Å². The van der Waals surface area contributed by atoms with Crippen LogP contribution >= 0.6 is 11.3 Å². The number of benzene rings is 1. The minimum atomic E-state index is 0.285. The van der Waals surface area contributed by atoms with Gasteiger partial charge in [-0.05, 0) is 44.5 Å². The molecule has 2 aromatic rings. The molecule has 1 N–H and O–H groups in total. The summed E-state index contributed by atoms with van der Waals surface area (Å²) in [4.78, 5) is 7.38. The van der Waals surface area contributed by atoms with E-state index in [1.54, 1.807) is 0 Å². The number of hydrogen-bond acceptors (Lipinski definition) is 4. The molecular formula is C17H25N3S. The SMILES string of the molecule is CCC1(CC)CN(Cc2nc3ccccc3s2)CCCN1. The fourth-order valence-corrected chi connectivity index (χ4v) is 4.27. The molecule has 114 valence electrons. The van der Waals surface area contributed by atoms with E-state index in [4.69, 9.17) is 4.98 Å². The van der Waals surface area contributed by atoms with Crippen LogP contribution in [0.2, 0.25) is 0 Å². The van der Waals surface area contributed by atoms with Crippen molar-refractivity contribution in [2.45, 2.75) is 45.2 Å². The molecule has 0 spiro atoms. The van der Waals surface area contributed by atoms with Gasteiger partial charge in [-0.1, -0.05) is 26.0 Å². The van der Waals surface area contributed by atoms with E-state index in [-0.39, 0.29) is 5.54 Å². The minimum absolute atomic E-state index is 0.285. The van der Waals surface area contributed by atoms with E-state index >= 15 is 0 Å². The molecule has 0 saturated carbocycles. The Hall–Kier alpha value is -0.970. The Bertz CT molecular complexity index is 555. The molecule has 1 fully saturated rings. The van der Waals surface area contributed by atoms with E-state index in [0.717, 1.165) is 25.2 Å². The average molecular weight is 303 g/mol. The maximum absolute atomic E-state index is 4.79. The van der Waals surface area contributed by atoms with Crippen molar-refractivity contribution in [1.29, 1.82) is 0 Å². The lowest BCUT2D eigenvalue weighted by Crippen LogP contribution is -2.50. The Morgan fingerprint density at radius 3 is 2.86 bits per heavy atom. The van der Waals surface area contributed by atoms with Crippen LogP contribution in [0.3, 0.4) is 0 Å². The molecule has 0 amide bonds. The van der Waals surface area contributed by atoms with E-state index in [9.17, 15) is 0 Å². The lowest BCUT2D eigenvalue weighted by atomic mass is 9.92. The first-order chi connectivity index (χ1) is 10.2. The largest absolute Gasteiger partial charge is 0.310 e. The molecule has 1 aromatic carbocycles. The van der Waals surface area contributed by atoms with Crippen molar-refractivity contribution < 1.29 is 0 Å². The molecule has 0 aliphatic carbocycles. The van der Waals surface area contributed by atoms with Gasteiger partial charge in [-0.2, -0.15) is 0 Å². The maximum atomic E-state index is 4.79. The number of thiazole rings is 1. The second kappa shape index (κ2) is 6.42. The Balaban J connectivity index is 1.76. The number of rotatable bonds is 4. The van der Waals surface area contributed by atoms with Gasteiger partial charge in [-0.25, -0.2) is 4.98 Å². The molecule has 1 aromatic heterocycles. The molecule has 21 heavy (non-hydrogen) atoms. The summed E-state index contributed by atoms with van der Waals surface area (Å²) in [6, 6.07) is 8.45. The third kappa shape index (κ3) is 3.28. The number of fused-ring (bicyclic) bond motifs is 1. The van der Waals surface area contributed by atoms with Gasteiger partial charge in [0, 0.05) is 12.1 Å². The monoisotopic (exact) mass is 303 g/mol. The first-order valence-corrected chi connectivity index (χ1v) is 8.88. The molecule has 1 aliphatic heterocycles. The second-order valence-electron chi connectivity index (χ2n) is 6.05. The van der Waals surface area contributed by atoms with Crippen LogP contribution in [0.4, 0.5) is 0 Å². The second-order valence-corrected chi connectivity index (χ2v) is 7.17. The zero-order chi connectivity index (χ0) is 14.7. The fourth-order valence-electron chi connectivity index (χ4n) is 3.26. The van der Waals surface area contributed by atoms with Crippen molar-refractivity contribution in [3.05, 3.63) is 29.3 Å². The summed E-state index contributed by atoms with van der Waals surface area (Å²) in [5.74, 6) is 0. The third-order valence-corrected chi connectivity index (χ3v) is 5.75. The van der Waals surface area contributed by atoms with E-state index in [1.165, 1.54) is 35.5 Å². The Morgan fingerprint density at radius 1 is 1.29 bits per heavy atom. The van der Waals surface area contributed by atoms with Crippen molar-refractivity contribution >= 4 is 21.6 Å². The summed E-state index contributed by atoms with van der Waals surface area (Å²) in [5, 5.41) is 5.03. The Labute approximate surface area is 131 Å². The molecule has 1 saturated heterocycles. The van der Waals surface area contributed by atoms with Gasteiger partial charge in [0.1, 0.15) is 5.01 Å². The molecule has 4 heteroatoms. The third-order valence-electron chi connectivity index (χ3n) is 4.73. The number of hydrogen-bond donors (Lipinski definition) is 1. The van der Waals surface area contributed by atoms with E-state index in [0.29, 0.717) is 0 Å². The maximum Gasteiger partial charge on any atom is 0.108 e. The zero-order valence-corrected chi connectivity index (χ0v) is 13.9. The van der Waals surface area contributed by atoms with E-state index < -0.39 is 0 Å². The van der Waals surface area contributed by atoms with E-state index in [1.807, 2.05) is 11.3 Å². The number of nitrogens with one attached hydrogen (secondary N) is 1. The van der Waals surface area contributed by atoms with Gasteiger partial charge in [0.05, 0.1) is 16.8 Å². The van der Waals surface area contributed by atoms with Gasteiger partial charge in [0.2, 0.25) is 0 Å². The smallest absolute Gasteiger partial charge is 0.108 e. The predicted molar refractivity (Wildman–Crippen MR) is 90.8 cm³/mol. The highest BCUT2D eigenvalue weighted by atomic mass is 32.1. The molecule has 0 bridgehead atoms. The Morgan fingerprint density at radius 2 is 2.10 bits per heavy atom. The summed E-state index contributed by atoms with van der Waals surface area (Å²) >= 11 is 1.84. The molecule has 0 radical (unpaired) electrons. The first kappa shape index (κ1) is 14.9. The average Bonchev–Trinajstić information content (AvgIpc) is 2.80. The summed E-state index contributed by atoms with van der Waals surface area (Å²) < 4.78 is 1.30. The van der Waals surface area contributed by atoms with Crippen LogP contribution in [0.1, 0.15) is 38.1 Å². The fraction of sp³-hybridized carbons (Fsp3) is 0.588. The number of nitrogens with zero attached hydrogens (tertiary/aromatic N) is 2. The quantitative estimate of drug-likeness (QED) is 0.934. The summed E-state index contributed by atoms with van der Waals surface area (Å²) in [6.45, 7) is 9.04. The van der Waals surface area contributed by atoms with Crippen LogP contribution in [0, 0.1) is 0 Å². The van der Waals surface area contributed by atoms with Crippen LogP contribution in [0.25, 0.3) is 10.2 Å². The van der Waals surface area contributed by atoms with Gasteiger partial charge in [-0.15, -0.1) is 11.3 Å². The topological polar surface area (TPSA) is 28.2 Å². The minimum Gasteiger partial charge on any atom is -0.310 e. The lowest BCUT2D eigenvalue weighted by Gasteiger charge is -2.35. The molecule has 3 rings (SSSR count). The van der Waals surface area contributed by atoms with Gasteiger partial charge >= 0.3 is 0 Å². The van der Waals surface area contributed by atoms with Crippen molar-refractivity contribution in [1.82, 2.24) is 15.2 Å². The van der Waals surface area contributed by atoms with Crippen LogP contribution in [-0.4, -0.2) is 35.1 Å². The lowest BCUT2D eigenvalue weighted by molar-refractivity contribution is 0.191. The van der Waals surface area contributed by atoms with Crippen molar-refractivity contribution in [3.8, 4) is 0 Å². The molecule has 1 aliphatic rings. The van der Waals surface area contributed by atoms with Gasteiger partial charge in [0.25, 0.3) is 0 Å². The van der Waals surface area contributed by atoms with Crippen molar-refractivity contribution in [2.75, 3.05) is 19.6 Å². The predicted octanol–water partition coefficient (Wildman–Crippen LogP) is 3.65. The molecule has 0 atom stereocenters. The number of aromatic nitrogens is 1. The molecular weight excluding hydrogens is 278 g/mol.